The SMILES string of the molecule is O=[N+]([O-])c1cccc(-n2cc(CCc3cnnn3-c3cccc(Cl)c3)nn2)c1. The van der Waals surface area contributed by atoms with Gasteiger partial charge in [-0.2, -0.15) is 0 Å². The van der Waals surface area contributed by atoms with Crippen molar-refractivity contribution in [1.82, 2.24) is 30.0 Å². The first kappa shape index (κ1) is 17.8. The highest BCUT2D eigenvalue weighted by atomic mass is 35.5. The summed E-state index contributed by atoms with van der Waals surface area (Å²) in [5, 5.41) is 27.9. The number of halogens is 1. The number of non-ortho nitro benzene ring substituents is 1. The summed E-state index contributed by atoms with van der Waals surface area (Å²) in [6.45, 7) is 0. The molecule has 0 aliphatic heterocycles. The summed E-state index contributed by atoms with van der Waals surface area (Å²) < 4.78 is 3.26. The van der Waals surface area contributed by atoms with Crippen LogP contribution >= 0.6 is 11.6 Å². The fraction of sp³-hybridized carbons (Fsp3) is 0.111. The van der Waals surface area contributed by atoms with Crippen molar-refractivity contribution in [2.24, 2.45) is 0 Å². The van der Waals surface area contributed by atoms with Crippen LogP contribution < -0.4 is 0 Å². The minimum Gasteiger partial charge on any atom is -0.258 e. The van der Waals surface area contributed by atoms with E-state index >= 15 is 0 Å². The van der Waals surface area contributed by atoms with Gasteiger partial charge in [0, 0.05) is 17.2 Å². The van der Waals surface area contributed by atoms with Gasteiger partial charge in [-0.25, -0.2) is 9.36 Å². The van der Waals surface area contributed by atoms with E-state index in [1.807, 2.05) is 18.2 Å². The molecule has 0 saturated heterocycles. The minimum absolute atomic E-state index is 0.00560. The molecular formula is C18H14ClN7O2. The van der Waals surface area contributed by atoms with Gasteiger partial charge in [-0.3, -0.25) is 10.1 Å². The molecule has 4 rings (SSSR count). The zero-order valence-corrected chi connectivity index (χ0v) is 15.3. The maximum atomic E-state index is 10.9. The predicted octanol–water partition coefficient (Wildman–Crippen LogP) is 3.19. The molecule has 28 heavy (non-hydrogen) atoms. The molecule has 0 aliphatic carbocycles. The lowest BCUT2D eigenvalue weighted by Crippen LogP contribution is -2.04. The molecule has 0 fully saturated rings. The number of benzene rings is 2. The summed E-state index contributed by atoms with van der Waals surface area (Å²) in [5.41, 5.74) is 3.09. The summed E-state index contributed by atoms with van der Waals surface area (Å²) in [5.74, 6) is 0. The molecule has 2 heterocycles. The topological polar surface area (TPSA) is 105 Å². The van der Waals surface area contributed by atoms with Gasteiger partial charge in [0.2, 0.25) is 0 Å². The first-order chi connectivity index (χ1) is 13.6. The Morgan fingerprint density at radius 2 is 1.86 bits per heavy atom. The van der Waals surface area contributed by atoms with E-state index in [-0.39, 0.29) is 5.69 Å². The third-order valence-electron chi connectivity index (χ3n) is 4.16. The van der Waals surface area contributed by atoms with Crippen molar-refractivity contribution in [3.63, 3.8) is 0 Å². The van der Waals surface area contributed by atoms with Crippen molar-refractivity contribution in [2.75, 3.05) is 0 Å². The fourth-order valence-corrected chi connectivity index (χ4v) is 2.98. The van der Waals surface area contributed by atoms with Crippen molar-refractivity contribution in [3.8, 4) is 11.4 Å². The van der Waals surface area contributed by atoms with Gasteiger partial charge in [0.05, 0.1) is 40.1 Å². The molecule has 9 nitrogen and oxygen atoms in total. The number of aryl methyl sites for hydroxylation is 2. The second-order valence-electron chi connectivity index (χ2n) is 6.05. The van der Waals surface area contributed by atoms with Crippen molar-refractivity contribution in [2.45, 2.75) is 12.8 Å². The zero-order valence-electron chi connectivity index (χ0n) is 14.5. The first-order valence-corrected chi connectivity index (χ1v) is 8.79. The molecule has 0 radical (unpaired) electrons. The Balaban J connectivity index is 1.50. The third kappa shape index (κ3) is 3.74. The van der Waals surface area contributed by atoms with Gasteiger partial charge in [0.25, 0.3) is 5.69 Å². The highest BCUT2D eigenvalue weighted by Crippen LogP contribution is 2.18. The lowest BCUT2D eigenvalue weighted by molar-refractivity contribution is -0.384. The maximum Gasteiger partial charge on any atom is 0.271 e. The Labute approximate surface area is 164 Å². The maximum absolute atomic E-state index is 10.9. The van der Waals surface area contributed by atoms with Crippen LogP contribution in [0.4, 0.5) is 5.69 Å². The number of hydrogen-bond donors (Lipinski definition) is 0. The van der Waals surface area contributed by atoms with Crippen LogP contribution in [0.3, 0.4) is 0 Å². The number of rotatable bonds is 6. The number of nitro benzene ring substituents is 1. The number of nitrogens with zero attached hydrogens (tertiary/aromatic N) is 7. The summed E-state index contributed by atoms with van der Waals surface area (Å²) in [6.07, 6.45) is 4.72. The van der Waals surface area contributed by atoms with Crippen LogP contribution in [0, 0.1) is 10.1 Å². The Kier molecular flexibility index (Phi) is 4.81. The van der Waals surface area contributed by atoms with Gasteiger partial charge in [0.15, 0.2) is 0 Å². The smallest absolute Gasteiger partial charge is 0.258 e. The second kappa shape index (κ2) is 7.57. The molecule has 0 amide bonds. The normalized spacial score (nSPS) is 10.9. The second-order valence-corrected chi connectivity index (χ2v) is 6.48. The van der Waals surface area contributed by atoms with E-state index in [0.29, 0.717) is 23.6 Å². The van der Waals surface area contributed by atoms with Crippen molar-refractivity contribution >= 4 is 17.3 Å². The van der Waals surface area contributed by atoms with Gasteiger partial charge in [-0.1, -0.05) is 34.2 Å². The van der Waals surface area contributed by atoms with Crippen LogP contribution in [0.15, 0.2) is 60.9 Å². The number of aromatic nitrogens is 6. The molecule has 0 bridgehead atoms. The highest BCUT2D eigenvalue weighted by Gasteiger charge is 2.11. The Bertz CT molecular complexity index is 1140. The molecule has 2 aromatic carbocycles. The number of hydrogen-bond acceptors (Lipinski definition) is 6. The molecule has 0 saturated carbocycles. The van der Waals surface area contributed by atoms with Crippen LogP contribution in [-0.4, -0.2) is 34.9 Å². The van der Waals surface area contributed by atoms with Gasteiger partial charge >= 0.3 is 0 Å². The van der Waals surface area contributed by atoms with E-state index < -0.39 is 4.92 Å². The van der Waals surface area contributed by atoms with Gasteiger partial charge < -0.3 is 0 Å². The number of nitro groups is 1. The fourth-order valence-electron chi connectivity index (χ4n) is 2.80. The Morgan fingerprint density at radius 1 is 1.04 bits per heavy atom. The van der Waals surface area contributed by atoms with Gasteiger partial charge in [0.1, 0.15) is 0 Å². The lowest BCUT2D eigenvalue weighted by Gasteiger charge is -2.05. The first-order valence-electron chi connectivity index (χ1n) is 8.42. The Hall–Kier alpha value is -3.59. The van der Waals surface area contributed by atoms with Crippen LogP contribution in [0.25, 0.3) is 11.4 Å². The molecule has 0 spiro atoms. The molecule has 0 N–H and O–H groups in total. The molecular weight excluding hydrogens is 382 g/mol. The monoisotopic (exact) mass is 395 g/mol. The van der Waals surface area contributed by atoms with E-state index in [1.165, 1.54) is 16.8 Å². The van der Waals surface area contributed by atoms with E-state index in [2.05, 4.69) is 20.6 Å². The van der Waals surface area contributed by atoms with E-state index in [9.17, 15) is 10.1 Å². The van der Waals surface area contributed by atoms with Crippen LogP contribution in [0.1, 0.15) is 11.4 Å². The predicted molar refractivity (Wildman–Crippen MR) is 102 cm³/mol. The quantitative estimate of drug-likeness (QED) is 0.366. The summed E-state index contributed by atoms with van der Waals surface area (Å²) in [4.78, 5) is 10.5. The van der Waals surface area contributed by atoms with Crippen LogP contribution in [-0.2, 0) is 12.8 Å². The lowest BCUT2D eigenvalue weighted by atomic mass is 10.2. The van der Waals surface area contributed by atoms with Crippen LogP contribution in [0.5, 0.6) is 0 Å². The molecule has 10 heteroatoms. The molecule has 0 aliphatic rings. The molecule has 0 unspecified atom stereocenters. The molecule has 0 atom stereocenters. The summed E-state index contributed by atoms with van der Waals surface area (Å²) in [7, 11) is 0. The van der Waals surface area contributed by atoms with E-state index in [4.69, 9.17) is 11.6 Å². The summed E-state index contributed by atoms with van der Waals surface area (Å²) in [6, 6.07) is 13.6. The molecule has 4 aromatic rings. The van der Waals surface area contributed by atoms with Gasteiger partial charge in [-0.05, 0) is 37.1 Å². The van der Waals surface area contributed by atoms with Crippen molar-refractivity contribution in [1.29, 1.82) is 0 Å². The highest BCUT2D eigenvalue weighted by molar-refractivity contribution is 6.30. The van der Waals surface area contributed by atoms with E-state index in [1.54, 1.807) is 35.3 Å². The molecule has 140 valence electrons. The molecule has 2 aromatic heterocycles. The standard InChI is InChI=1S/C18H14ClN7O2/c19-13-3-1-5-16(9-13)25-18(11-20-22-25)8-7-14-12-24(23-21-14)15-4-2-6-17(10-15)26(27)28/h1-6,9-12H,7-8H2. The Morgan fingerprint density at radius 3 is 2.68 bits per heavy atom. The van der Waals surface area contributed by atoms with Gasteiger partial charge in [-0.15, -0.1) is 10.2 Å². The largest absolute Gasteiger partial charge is 0.271 e. The third-order valence-corrected chi connectivity index (χ3v) is 4.39. The van der Waals surface area contributed by atoms with Crippen molar-refractivity contribution < 1.29 is 4.92 Å². The summed E-state index contributed by atoms with van der Waals surface area (Å²) >= 11 is 6.05. The minimum atomic E-state index is -0.439. The van der Waals surface area contributed by atoms with E-state index in [0.717, 1.165) is 17.1 Å². The zero-order chi connectivity index (χ0) is 19.5. The average Bonchev–Trinajstić information content (AvgIpc) is 3.36. The average molecular weight is 396 g/mol. The van der Waals surface area contributed by atoms with Crippen molar-refractivity contribution in [3.05, 3.63) is 87.4 Å². The van der Waals surface area contributed by atoms with Crippen LogP contribution in [0.2, 0.25) is 5.02 Å².